The second-order valence-corrected chi connectivity index (χ2v) is 8.64. The highest BCUT2D eigenvalue weighted by atomic mass is 127. The van der Waals surface area contributed by atoms with Crippen molar-refractivity contribution in [1.82, 2.24) is 14.5 Å². The van der Waals surface area contributed by atoms with Crippen LogP contribution in [0.1, 0.15) is 25.6 Å². The zero-order chi connectivity index (χ0) is 20.2. The standard InChI is InChI=1S/C20H18IN5O3/c1-20(2)28-14-9-27-19(16(14)29-20)26-8-13(21)15-17(23-10-24-18(15)26)25-12-5-3-11(7-22)4-6-12/h3-6,8,10,14,16,19H,9H2,1-2H3,(H,23,24,25)/t14-,16-,19-/m1/s1. The Bertz CT molecular complexity index is 1120. The molecule has 0 spiro atoms. The number of anilines is 2. The highest BCUT2D eigenvalue weighted by Gasteiger charge is 2.51. The first-order valence-electron chi connectivity index (χ1n) is 9.21. The van der Waals surface area contributed by atoms with Gasteiger partial charge in [0.25, 0.3) is 0 Å². The fourth-order valence-corrected chi connectivity index (χ4v) is 4.65. The Hall–Kier alpha value is -2.26. The Morgan fingerprint density at radius 1 is 1.24 bits per heavy atom. The van der Waals surface area contributed by atoms with Gasteiger partial charge in [-0.2, -0.15) is 5.26 Å². The maximum absolute atomic E-state index is 8.97. The number of aromatic nitrogens is 3. The Balaban J connectivity index is 1.51. The molecule has 2 aliphatic heterocycles. The highest BCUT2D eigenvalue weighted by Crippen LogP contribution is 2.42. The smallest absolute Gasteiger partial charge is 0.164 e. The van der Waals surface area contributed by atoms with E-state index >= 15 is 0 Å². The van der Waals surface area contributed by atoms with Gasteiger partial charge in [-0.25, -0.2) is 9.97 Å². The van der Waals surface area contributed by atoms with E-state index in [1.54, 1.807) is 12.1 Å². The summed E-state index contributed by atoms with van der Waals surface area (Å²) < 4.78 is 21.0. The molecule has 0 amide bonds. The first-order chi connectivity index (χ1) is 13.9. The molecule has 9 heteroatoms. The number of nitrogens with one attached hydrogen (secondary N) is 1. The fraction of sp³-hybridized carbons (Fsp3) is 0.350. The van der Waals surface area contributed by atoms with Gasteiger partial charge in [0.1, 0.15) is 30.0 Å². The summed E-state index contributed by atoms with van der Waals surface area (Å²) >= 11 is 2.28. The maximum Gasteiger partial charge on any atom is 0.164 e. The number of hydrogen-bond acceptors (Lipinski definition) is 7. The molecule has 3 atom stereocenters. The lowest BCUT2D eigenvalue weighted by atomic mass is 10.2. The molecule has 8 nitrogen and oxygen atoms in total. The second-order valence-electron chi connectivity index (χ2n) is 7.48. The number of halogens is 1. The van der Waals surface area contributed by atoms with Crippen molar-refractivity contribution in [3.63, 3.8) is 0 Å². The van der Waals surface area contributed by atoms with Gasteiger partial charge in [-0.1, -0.05) is 0 Å². The molecule has 3 aromatic rings. The van der Waals surface area contributed by atoms with Gasteiger partial charge in [0.15, 0.2) is 12.0 Å². The predicted molar refractivity (Wildman–Crippen MR) is 113 cm³/mol. The molecule has 0 aliphatic carbocycles. The van der Waals surface area contributed by atoms with E-state index in [0.717, 1.165) is 20.3 Å². The summed E-state index contributed by atoms with van der Waals surface area (Å²) in [5.41, 5.74) is 2.22. The molecule has 0 radical (unpaired) electrons. The fourth-order valence-electron chi connectivity index (χ4n) is 3.85. The predicted octanol–water partition coefficient (Wildman–Crippen LogP) is 3.70. The van der Waals surface area contributed by atoms with Crippen LogP contribution in [0.15, 0.2) is 36.8 Å². The van der Waals surface area contributed by atoms with E-state index in [2.05, 4.69) is 43.9 Å². The second kappa shape index (κ2) is 6.91. The van der Waals surface area contributed by atoms with Crippen LogP contribution in [0, 0.1) is 14.9 Å². The SMILES string of the molecule is CC1(C)O[C@H]2[C@H](n3cc(I)c4c(Nc5ccc(C#N)cc5)ncnc43)OC[C@H]2O1. The van der Waals surface area contributed by atoms with Crippen LogP contribution >= 0.6 is 22.6 Å². The Morgan fingerprint density at radius 2 is 2.03 bits per heavy atom. The van der Waals surface area contributed by atoms with E-state index in [1.807, 2.05) is 36.7 Å². The molecule has 5 rings (SSSR count). The molecular formula is C20H18IN5O3. The normalized spacial score (nSPS) is 25.1. The van der Waals surface area contributed by atoms with Gasteiger partial charge < -0.3 is 24.1 Å². The minimum atomic E-state index is -0.620. The maximum atomic E-state index is 8.97. The molecule has 2 aliphatic rings. The summed E-state index contributed by atoms with van der Waals surface area (Å²) in [5, 5.41) is 13.2. The number of nitriles is 1. The lowest BCUT2D eigenvalue weighted by Crippen LogP contribution is -2.27. The summed E-state index contributed by atoms with van der Waals surface area (Å²) in [4.78, 5) is 8.95. The zero-order valence-electron chi connectivity index (χ0n) is 15.8. The summed E-state index contributed by atoms with van der Waals surface area (Å²) in [6.07, 6.45) is 2.93. The van der Waals surface area contributed by atoms with Crippen molar-refractivity contribution >= 4 is 45.1 Å². The quantitative estimate of drug-likeness (QED) is 0.545. The molecule has 0 bridgehead atoms. The first-order valence-corrected chi connectivity index (χ1v) is 10.3. The molecule has 2 fully saturated rings. The number of benzene rings is 1. The van der Waals surface area contributed by atoms with Gasteiger partial charge in [-0.3, -0.25) is 0 Å². The van der Waals surface area contributed by atoms with Gasteiger partial charge in [-0.05, 0) is 60.7 Å². The van der Waals surface area contributed by atoms with Crippen molar-refractivity contribution in [2.45, 2.75) is 38.1 Å². The van der Waals surface area contributed by atoms with Crippen LogP contribution in [0.25, 0.3) is 11.0 Å². The van der Waals surface area contributed by atoms with E-state index in [9.17, 15) is 0 Å². The highest BCUT2D eigenvalue weighted by molar-refractivity contribution is 14.1. The van der Waals surface area contributed by atoms with Crippen molar-refractivity contribution in [2.75, 3.05) is 11.9 Å². The van der Waals surface area contributed by atoms with Gasteiger partial charge in [0.05, 0.1) is 23.6 Å². The molecular weight excluding hydrogens is 485 g/mol. The number of hydrogen-bond donors (Lipinski definition) is 1. The van der Waals surface area contributed by atoms with E-state index in [1.165, 1.54) is 6.33 Å². The molecule has 1 aromatic carbocycles. The summed E-state index contributed by atoms with van der Waals surface area (Å²) in [6, 6.07) is 9.36. The van der Waals surface area contributed by atoms with E-state index in [0.29, 0.717) is 18.0 Å². The minimum absolute atomic E-state index is 0.0943. The van der Waals surface area contributed by atoms with Crippen molar-refractivity contribution in [3.05, 3.63) is 45.9 Å². The number of nitrogens with zero attached hydrogens (tertiary/aromatic N) is 4. The summed E-state index contributed by atoms with van der Waals surface area (Å²) in [5.74, 6) is 0.0754. The minimum Gasteiger partial charge on any atom is -0.352 e. The topological polar surface area (TPSA) is 94.2 Å². The summed E-state index contributed by atoms with van der Waals surface area (Å²) in [7, 11) is 0. The van der Waals surface area contributed by atoms with Gasteiger partial charge in [-0.15, -0.1) is 0 Å². The Morgan fingerprint density at radius 3 is 2.79 bits per heavy atom. The first kappa shape index (κ1) is 18.7. The van der Waals surface area contributed by atoms with Crippen LogP contribution in [0.2, 0.25) is 0 Å². The lowest BCUT2D eigenvalue weighted by molar-refractivity contribution is -0.183. The van der Waals surface area contributed by atoms with E-state index in [4.69, 9.17) is 19.5 Å². The van der Waals surface area contributed by atoms with E-state index < -0.39 is 5.79 Å². The Labute approximate surface area is 180 Å². The third kappa shape index (κ3) is 3.26. The van der Waals surface area contributed by atoms with E-state index in [-0.39, 0.29) is 18.4 Å². The van der Waals surface area contributed by atoms with Crippen LogP contribution in [0.3, 0.4) is 0 Å². The number of ether oxygens (including phenoxy) is 3. The summed E-state index contributed by atoms with van der Waals surface area (Å²) in [6.45, 7) is 4.32. The number of rotatable bonds is 3. The van der Waals surface area contributed by atoms with Gasteiger partial charge in [0.2, 0.25) is 0 Å². The third-order valence-corrected chi connectivity index (χ3v) is 5.87. The van der Waals surface area contributed by atoms with Crippen molar-refractivity contribution in [1.29, 1.82) is 5.26 Å². The molecule has 0 unspecified atom stereocenters. The van der Waals surface area contributed by atoms with Gasteiger partial charge in [0, 0.05) is 15.5 Å². The number of fused-ring (bicyclic) bond motifs is 2. The molecule has 0 saturated carbocycles. The monoisotopic (exact) mass is 503 g/mol. The van der Waals surface area contributed by atoms with Crippen LogP contribution < -0.4 is 5.32 Å². The van der Waals surface area contributed by atoms with Gasteiger partial charge >= 0.3 is 0 Å². The Kier molecular flexibility index (Phi) is 4.47. The van der Waals surface area contributed by atoms with Crippen LogP contribution in [0.5, 0.6) is 0 Å². The molecule has 1 N–H and O–H groups in total. The third-order valence-electron chi connectivity index (χ3n) is 5.05. The van der Waals surface area contributed by atoms with Crippen LogP contribution in [-0.4, -0.2) is 39.1 Å². The largest absolute Gasteiger partial charge is 0.352 e. The molecule has 2 saturated heterocycles. The van der Waals surface area contributed by atoms with Crippen LogP contribution in [0.4, 0.5) is 11.5 Å². The lowest BCUT2D eigenvalue weighted by Gasteiger charge is -2.22. The average Bonchev–Trinajstić information content (AvgIpc) is 3.32. The molecule has 2 aromatic heterocycles. The zero-order valence-corrected chi connectivity index (χ0v) is 18.0. The average molecular weight is 503 g/mol. The molecule has 148 valence electrons. The van der Waals surface area contributed by atoms with Crippen molar-refractivity contribution < 1.29 is 14.2 Å². The van der Waals surface area contributed by atoms with Crippen LogP contribution in [-0.2, 0) is 14.2 Å². The molecule has 4 heterocycles. The van der Waals surface area contributed by atoms with Crippen molar-refractivity contribution in [3.8, 4) is 6.07 Å². The molecule has 29 heavy (non-hydrogen) atoms. The van der Waals surface area contributed by atoms with Crippen molar-refractivity contribution in [2.24, 2.45) is 0 Å².